The third-order valence-electron chi connectivity index (χ3n) is 4.56. The molecule has 1 aromatic heterocycles. The molecule has 7 nitrogen and oxygen atoms in total. The SMILES string of the molecule is NC(=O)CCCCCc1cc(Cl)ccc1Oc1cc(F)c(S(=O)(=O)Nc2cscn2)cc1Cl. The number of anilines is 1. The van der Waals surface area contributed by atoms with Crippen molar-refractivity contribution in [3.05, 3.63) is 62.6 Å². The monoisotopic (exact) mass is 531 g/mol. The maximum atomic E-state index is 14.7. The number of aromatic nitrogens is 1. The Balaban J connectivity index is 1.78. The lowest BCUT2D eigenvalue weighted by molar-refractivity contribution is -0.118. The number of nitrogens with two attached hydrogens (primary N) is 1. The minimum absolute atomic E-state index is 0.0425. The number of rotatable bonds is 11. The Morgan fingerprint density at radius 1 is 1.15 bits per heavy atom. The van der Waals surface area contributed by atoms with Crippen LogP contribution < -0.4 is 15.2 Å². The van der Waals surface area contributed by atoms with E-state index in [1.807, 2.05) is 0 Å². The number of primary amides is 1. The maximum Gasteiger partial charge on any atom is 0.266 e. The van der Waals surface area contributed by atoms with Gasteiger partial charge in [-0.05, 0) is 49.1 Å². The number of thiazole rings is 1. The first-order valence-electron chi connectivity index (χ1n) is 9.80. The summed E-state index contributed by atoms with van der Waals surface area (Å²) < 4.78 is 47.8. The highest BCUT2D eigenvalue weighted by atomic mass is 35.5. The van der Waals surface area contributed by atoms with Crippen molar-refractivity contribution in [3.8, 4) is 11.5 Å². The van der Waals surface area contributed by atoms with Gasteiger partial charge in [0.25, 0.3) is 10.0 Å². The summed E-state index contributed by atoms with van der Waals surface area (Å²) in [6.45, 7) is 0. The molecular weight excluding hydrogens is 512 g/mol. The third kappa shape index (κ3) is 7.04. The number of unbranched alkanes of at least 4 members (excludes halogenated alkanes) is 2. The van der Waals surface area contributed by atoms with Gasteiger partial charge in [0.2, 0.25) is 5.91 Å². The second-order valence-electron chi connectivity index (χ2n) is 7.07. The molecule has 0 aliphatic carbocycles. The summed E-state index contributed by atoms with van der Waals surface area (Å²) in [5.74, 6) is -0.923. The fourth-order valence-electron chi connectivity index (χ4n) is 3.00. The molecule has 33 heavy (non-hydrogen) atoms. The minimum atomic E-state index is -4.23. The van der Waals surface area contributed by atoms with Gasteiger partial charge in [-0.15, -0.1) is 11.3 Å². The predicted octanol–water partition coefficient (Wildman–Crippen LogP) is 5.77. The Labute approximate surface area is 204 Å². The molecule has 12 heteroatoms. The zero-order valence-corrected chi connectivity index (χ0v) is 20.3. The van der Waals surface area contributed by atoms with Crippen LogP contribution >= 0.6 is 34.5 Å². The van der Waals surface area contributed by atoms with Crippen LogP contribution in [0.4, 0.5) is 10.2 Å². The van der Waals surface area contributed by atoms with Crippen LogP contribution in [-0.4, -0.2) is 19.3 Å². The van der Waals surface area contributed by atoms with Gasteiger partial charge in [-0.25, -0.2) is 17.8 Å². The number of ether oxygens (including phenoxy) is 1. The number of halogens is 3. The number of carbonyl (C=O) groups excluding carboxylic acids is 1. The predicted molar refractivity (Wildman–Crippen MR) is 127 cm³/mol. The lowest BCUT2D eigenvalue weighted by Gasteiger charge is -2.14. The molecular formula is C21H20Cl2FN3O4S2. The van der Waals surface area contributed by atoms with Crippen molar-refractivity contribution in [3.63, 3.8) is 0 Å². The summed E-state index contributed by atoms with van der Waals surface area (Å²) in [6.07, 6.45) is 3.13. The van der Waals surface area contributed by atoms with Crippen LogP contribution in [0, 0.1) is 5.82 Å². The molecule has 1 heterocycles. The summed E-state index contributed by atoms with van der Waals surface area (Å²) in [4.78, 5) is 14.1. The van der Waals surface area contributed by atoms with Gasteiger partial charge >= 0.3 is 0 Å². The number of hydrogen-bond acceptors (Lipinski definition) is 6. The van der Waals surface area contributed by atoms with E-state index in [2.05, 4.69) is 9.71 Å². The fourth-order valence-corrected chi connectivity index (χ4v) is 5.11. The van der Waals surface area contributed by atoms with Crippen molar-refractivity contribution in [2.24, 2.45) is 5.73 Å². The first-order chi connectivity index (χ1) is 15.7. The molecule has 3 N–H and O–H groups in total. The van der Waals surface area contributed by atoms with Crippen molar-refractivity contribution in [2.45, 2.75) is 37.0 Å². The van der Waals surface area contributed by atoms with Crippen molar-refractivity contribution in [1.29, 1.82) is 0 Å². The van der Waals surface area contributed by atoms with Gasteiger partial charge in [0.15, 0.2) is 5.82 Å². The van der Waals surface area contributed by atoms with E-state index in [1.54, 1.807) is 18.2 Å². The Kier molecular flexibility index (Phi) is 8.52. The minimum Gasteiger partial charge on any atom is -0.455 e. The lowest BCUT2D eigenvalue weighted by atomic mass is 10.0. The average Bonchev–Trinajstić information content (AvgIpc) is 3.23. The smallest absolute Gasteiger partial charge is 0.266 e. The largest absolute Gasteiger partial charge is 0.455 e. The zero-order valence-electron chi connectivity index (χ0n) is 17.2. The number of hydrogen-bond donors (Lipinski definition) is 2. The first kappa shape index (κ1) is 25.2. The second-order valence-corrected chi connectivity index (χ2v) is 10.3. The van der Waals surface area contributed by atoms with Crippen LogP contribution in [0.2, 0.25) is 10.0 Å². The number of aryl methyl sites for hydroxylation is 1. The van der Waals surface area contributed by atoms with Crippen molar-refractivity contribution in [1.82, 2.24) is 4.98 Å². The summed E-state index contributed by atoms with van der Waals surface area (Å²) in [6, 6.07) is 6.88. The van der Waals surface area contributed by atoms with Gasteiger partial charge in [-0.2, -0.15) is 0 Å². The van der Waals surface area contributed by atoms with E-state index in [0.717, 1.165) is 30.5 Å². The van der Waals surface area contributed by atoms with E-state index in [1.165, 1.54) is 22.2 Å². The summed E-state index contributed by atoms with van der Waals surface area (Å²) in [5.41, 5.74) is 7.36. The van der Waals surface area contributed by atoms with Crippen LogP contribution in [0.25, 0.3) is 0 Å². The van der Waals surface area contributed by atoms with E-state index in [-0.39, 0.29) is 22.5 Å². The summed E-state index contributed by atoms with van der Waals surface area (Å²) in [5, 5.41) is 1.89. The quantitative estimate of drug-likeness (QED) is 0.305. The molecule has 0 fully saturated rings. The van der Waals surface area contributed by atoms with Crippen LogP contribution in [0.3, 0.4) is 0 Å². The van der Waals surface area contributed by atoms with Crippen LogP contribution in [0.5, 0.6) is 11.5 Å². The summed E-state index contributed by atoms with van der Waals surface area (Å²) >= 11 is 13.5. The molecule has 2 aromatic carbocycles. The molecule has 0 spiro atoms. The number of nitrogens with zero attached hydrogens (tertiary/aromatic N) is 1. The second kappa shape index (κ2) is 11.1. The fraction of sp³-hybridized carbons (Fsp3) is 0.238. The topological polar surface area (TPSA) is 111 Å². The Hall–Kier alpha value is -2.40. The third-order valence-corrected chi connectivity index (χ3v) is 7.05. The number of carbonyl (C=O) groups is 1. The standard InChI is InChI=1S/C21H20Cl2FN3O4S2/c22-14-6-7-17(13(8-14)4-2-1-3-5-20(25)28)31-18-10-16(24)19(9-15(18)23)33(29,30)27-21-11-32-12-26-21/h6-12,27H,1-5H2,(H2,25,28). The Morgan fingerprint density at radius 2 is 1.94 bits per heavy atom. The van der Waals surface area contributed by atoms with Crippen LogP contribution in [0.15, 0.2) is 46.1 Å². The molecule has 0 unspecified atom stereocenters. The van der Waals surface area contributed by atoms with Crippen molar-refractivity contribution in [2.75, 3.05) is 4.72 Å². The van der Waals surface area contributed by atoms with Gasteiger partial charge in [0, 0.05) is 22.9 Å². The highest BCUT2D eigenvalue weighted by molar-refractivity contribution is 7.92. The normalized spacial score (nSPS) is 11.4. The van der Waals surface area contributed by atoms with E-state index >= 15 is 0 Å². The zero-order chi connectivity index (χ0) is 24.0. The molecule has 3 rings (SSSR count). The molecule has 0 atom stereocenters. The molecule has 3 aromatic rings. The molecule has 0 saturated heterocycles. The molecule has 0 saturated carbocycles. The number of sulfonamides is 1. The number of nitrogens with one attached hydrogen (secondary N) is 1. The van der Waals surface area contributed by atoms with Gasteiger partial charge in [0.1, 0.15) is 22.2 Å². The first-order valence-corrected chi connectivity index (χ1v) is 13.0. The average molecular weight is 532 g/mol. The lowest BCUT2D eigenvalue weighted by Crippen LogP contribution is -2.15. The highest BCUT2D eigenvalue weighted by Gasteiger charge is 2.23. The van der Waals surface area contributed by atoms with Gasteiger partial charge < -0.3 is 10.5 Å². The van der Waals surface area contributed by atoms with E-state index in [4.69, 9.17) is 33.7 Å². The molecule has 176 valence electrons. The van der Waals surface area contributed by atoms with E-state index in [0.29, 0.717) is 30.0 Å². The van der Waals surface area contributed by atoms with Gasteiger partial charge in [0.05, 0.1) is 10.5 Å². The highest BCUT2D eigenvalue weighted by Crippen LogP contribution is 2.36. The molecule has 0 bridgehead atoms. The molecule has 0 radical (unpaired) electrons. The molecule has 1 amide bonds. The number of benzene rings is 2. The van der Waals surface area contributed by atoms with Crippen LogP contribution in [0.1, 0.15) is 31.2 Å². The van der Waals surface area contributed by atoms with Crippen molar-refractivity contribution >= 4 is 56.3 Å². The number of amides is 1. The summed E-state index contributed by atoms with van der Waals surface area (Å²) in [7, 11) is -4.23. The van der Waals surface area contributed by atoms with Gasteiger partial charge in [-0.3, -0.25) is 9.52 Å². The molecule has 0 aliphatic heterocycles. The Bertz CT molecular complexity index is 1240. The Morgan fingerprint density at radius 3 is 2.64 bits per heavy atom. The van der Waals surface area contributed by atoms with E-state index < -0.39 is 20.7 Å². The van der Waals surface area contributed by atoms with Gasteiger partial charge in [-0.1, -0.05) is 29.6 Å². The maximum absolute atomic E-state index is 14.7. The molecule has 0 aliphatic rings. The van der Waals surface area contributed by atoms with Crippen LogP contribution in [-0.2, 0) is 21.2 Å². The van der Waals surface area contributed by atoms with E-state index in [9.17, 15) is 17.6 Å². The van der Waals surface area contributed by atoms with Crippen molar-refractivity contribution < 1.29 is 22.3 Å².